The molecule has 0 heterocycles. The van der Waals surface area contributed by atoms with Crippen LogP contribution >= 0.6 is 0 Å². The quantitative estimate of drug-likeness (QED) is 0.590. The van der Waals surface area contributed by atoms with Gasteiger partial charge in [0.1, 0.15) is 0 Å². The van der Waals surface area contributed by atoms with Crippen molar-refractivity contribution < 1.29 is 36.1 Å². The van der Waals surface area contributed by atoms with Crippen LogP contribution in [0.2, 0.25) is 0 Å². The molecule has 0 atom stereocenters. The number of esters is 1. The molecule has 0 radical (unpaired) electrons. The maximum absolute atomic E-state index is 13.1. The third-order valence-electron chi connectivity index (χ3n) is 3.60. The SMILES string of the molecule is O=C1C=C2C3CC2(OC(=O)C(F)(F)S(=O)(=O)O)C3=C1. The average molecular weight is 292 g/mol. The molecule has 5 aliphatic carbocycles. The van der Waals surface area contributed by atoms with E-state index in [1.807, 2.05) is 0 Å². The van der Waals surface area contributed by atoms with Crippen LogP contribution < -0.4 is 0 Å². The van der Waals surface area contributed by atoms with Gasteiger partial charge in [0.25, 0.3) is 0 Å². The van der Waals surface area contributed by atoms with Gasteiger partial charge in [-0.15, -0.1) is 0 Å². The number of rotatable bonds is 3. The lowest BCUT2D eigenvalue weighted by Gasteiger charge is -2.65. The molecule has 5 rings (SSSR count). The van der Waals surface area contributed by atoms with Gasteiger partial charge in [-0.1, -0.05) is 0 Å². The standard InChI is InChI=1S/C10H6F2O6S/c11-10(12,19(15,16)17)8(14)18-9-3-5-6(9)1-4(13)2-7(5)9/h1-2,5H,3H2,(H,15,16,17). The Morgan fingerprint density at radius 3 is 2.37 bits per heavy atom. The Kier molecular flexibility index (Phi) is 2.03. The van der Waals surface area contributed by atoms with E-state index in [0.29, 0.717) is 11.1 Å². The zero-order valence-electron chi connectivity index (χ0n) is 9.09. The summed E-state index contributed by atoms with van der Waals surface area (Å²) in [5.41, 5.74) is -0.604. The lowest BCUT2D eigenvalue weighted by molar-refractivity contribution is -0.188. The number of allylic oxidation sites excluding steroid dienone is 2. The minimum absolute atomic E-state index is 0.0788. The molecule has 0 aromatic carbocycles. The van der Waals surface area contributed by atoms with Crippen molar-refractivity contribution in [1.29, 1.82) is 0 Å². The molecule has 0 aromatic heterocycles. The van der Waals surface area contributed by atoms with Gasteiger partial charge in [0.05, 0.1) is 0 Å². The molecular formula is C10H6F2O6S. The van der Waals surface area contributed by atoms with E-state index < -0.39 is 26.9 Å². The van der Waals surface area contributed by atoms with Crippen LogP contribution in [0.25, 0.3) is 0 Å². The fraction of sp³-hybridized carbons (Fsp3) is 0.400. The van der Waals surface area contributed by atoms with E-state index in [0.717, 1.165) is 0 Å². The molecule has 3 fully saturated rings. The summed E-state index contributed by atoms with van der Waals surface area (Å²) in [6.45, 7) is 0. The van der Waals surface area contributed by atoms with E-state index in [-0.39, 0.29) is 18.1 Å². The molecular weight excluding hydrogens is 286 g/mol. The van der Waals surface area contributed by atoms with Crippen LogP contribution in [-0.2, 0) is 24.4 Å². The highest BCUT2D eigenvalue weighted by Crippen LogP contribution is 2.69. The van der Waals surface area contributed by atoms with Gasteiger partial charge in [0.2, 0.25) is 0 Å². The van der Waals surface area contributed by atoms with Gasteiger partial charge in [-0.05, 0) is 23.3 Å². The van der Waals surface area contributed by atoms with E-state index in [2.05, 4.69) is 4.74 Å². The smallest absolute Gasteiger partial charge is 0.444 e. The maximum Gasteiger partial charge on any atom is 0.465 e. The number of ether oxygens (including phenoxy) is 1. The van der Waals surface area contributed by atoms with E-state index in [1.54, 1.807) is 0 Å². The Hall–Kier alpha value is -1.61. The molecule has 0 spiro atoms. The number of hydrogen-bond acceptors (Lipinski definition) is 5. The van der Waals surface area contributed by atoms with Crippen LogP contribution in [0.3, 0.4) is 0 Å². The molecule has 4 bridgehead atoms. The van der Waals surface area contributed by atoms with Gasteiger partial charge in [-0.3, -0.25) is 9.35 Å². The van der Waals surface area contributed by atoms with Crippen molar-refractivity contribution in [2.24, 2.45) is 5.92 Å². The van der Waals surface area contributed by atoms with Gasteiger partial charge in [0, 0.05) is 12.3 Å². The van der Waals surface area contributed by atoms with Crippen molar-refractivity contribution in [3.63, 3.8) is 0 Å². The highest BCUT2D eigenvalue weighted by atomic mass is 32.2. The highest BCUT2D eigenvalue weighted by molar-refractivity contribution is 7.87. The van der Waals surface area contributed by atoms with Crippen LogP contribution in [0.15, 0.2) is 23.3 Å². The van der Waals surface area contributed by atoms with Crippen LogP contribution in [0.4, 0.5) is 8.78 Å². The van der Waals surface area contributed by atoms with Crippen molar-refractivity contribution in [2.75, 3.05) is 0 Å². The molecule has 19 heavy (non-hydrogen) atoms. The van der Waals surface area contributed by atoms with Crippen molar-refractivity contribution in [3.05, 3.63) is 23.3 Å². The minimum Gasteiger partial charge on any atom is -0.444 e. The molecule has 1 N–H and O–H groups in total. The first-order valence-electron chi connectivity index (χ1n) is 5.16. The summed E-state index contributed by atoms with van der Waals surface area (Å²) in [5.74, 6) is -2.75. The van der Waals surface area contributed by atoms with E-state index in [9.17, 15) is 26.8 Å². The Morgan fingerprint density at radius 1 is 1.42 bits per heavy atom. The van der Waals surface area contributed by atoms with Crippen LogP contribution in [0, 0.1) is 5.92 Å². The van der Waals surface area contributed by atoms with Gasteiger partial charge < -0.3 is 4.74 Å². The first-order chi connectivity index (χ1) is 8.59. The zero-order chi connectivity index (χ0) is 14.2. The Labute approximate surface area is 105 Å². The summed E-state index contributed by atoms with van der Waals surface area (Å²) in [6, 6.07) is 0. The fourth-order valence-corrected chi connectivity index (χ4v) is 2.82. The predicted molar refractivity (Wildman–Crippen MR) is 54.6 cm³/mol. The van der Waals surface area contributed by atoms with Gasteiger partial charge in [0.15, 0.2) is 11.4 Å². The lowest BCUT2D eigenvalue weighted by atomic mass is 9.42. The number of carbonyl (C=O) groups excluding carboxylic acids is 2. The summed E-state index contributed by atoms with van der Waals surface area (Å²) in [7, 11) is -5.89. The fourth-order valence-electron chi connectivity index (χ4n) is 2.57. The van der Waals surface area contributed by atoms with Crippen molar-refractivity contribution in [3.8, 4) is 0 Å². The topological polar surface area (TPSA) is 97.7 Å². The largest absolute Gasteiger partial charge is 0.465 e. The third-order valence-corrected chi connectivity index (χ3v) is 4.41. The number of carbonyl (C=O) groups is 2. The molecule has 0 aromatic rings. The molecule has 3 saturated carbocycles. The van der Waals surface area contributed by atoms with Gasteiger partial charge >= 0.3 is 21.3 Å². The molecule has 0 unspecified atom stereocenters. The first-order valence-corrected chi connectivity index (χ1v) is 6.60. The maximum atomic E-state index is 13.1. The Balaban J connectivity index is 1.86. The minimum atomic E-state index is -5.89. The Bertz CT molecular complexity index is 663. The summed E-state index contributed by atoms with van der Waals surface area (Å²) in [4.78, 5) is 22.3. The van der Waals surface area contributed by atoms with Crippen LogP contribution in [-0.4, -0.2) is 35.6 Å². The van der Waals surface area contributed by atoms with E-state index in [4.69, 9.17) is 4.55 Å². The second-order valence-electron chi connectivity index (χ2n) is 4.57. The van der Waals surface area contributed by atoms with Gasteiger partial charge in [-0.2, -0.15) is 17.2 Å². The number of ketones is 1. The Morgan fingerprint density at radius 2 is 1.95 bits per heavy atom. The summed E-state index contributed by atoms with van der Waals surface area (Å²) < 4.78 is 59.8. The normalized spacial score (nSPS) is 31.7. The van der Waals surface area contributed by atoms with Crippen LogP contribution in [0.1, 0.15) is 6.42 Å². The highest BCUT2D eigenvalue weighted by Gasteiger charge is 2.72. The number of hydrogen-bond donors (Lipinski definition) is 1. The second-order valence-corrected chi connectivity index (χ2v) is 6.03. The molecule has 0 amide bonds. The number of fused-ring (bicyclic) bond motifs is 2. The molecule has 0 saturated heterocycles. The zero-order valence-corrected chi connectivity index (χ0v) is 9.91. The summed E-state index contributed by atoms with van der Waals surface area (Å²) in [5, 5.41) is -5.03. The monoisotopic (exact) mass is 292 g/mol. The van der Waals surface area contributed by atoms with Crippen molar-refractivity contribution in [1.82, 2.24) is 0 Å². The predicted octanol–water partition coefficient (Wildman–Crippen LogP) is 0.218. The first kappa shape index (κ1) is 12.4. The second kappa shape index (κ2) is 3.10. The number of alkyl halides is 2. The third kappa shape index (κ3) is 1.29. The van der Waals surface area contributed by atoms with Gasteiger partial charge in [-0.25, -0.2) is 4.79 Å². The number of halogens is 2. The lowest BCUT2D eigenvalue weighted by Crippen LogP contribution is -2.68. The van der Waals surface area contributed by atoms with E-state index >= 15 is 0 Å². The molecule has 9 heteroatoms. The summed E-state index contributed by atoms with van der Waals surface area (Å²) in [6.07, 6.45) is 2.60. The molecule has 102 valence electrons. The van der Waals surface area contributed by atoms with Crippen LogP contribution in [0.5, 0.6) is 0 Å². The summed E-state index contributed by atoms with van der Waals surface area (Å²) >= 11 is 0. The van der Waals surface area contributed by atoms with Crippen molar-refractivity contribution in [2.45, 2.75) is 17.3 Å². The average Bonchev–Trinajstić information content (AvgIpc) is 2.26. The molecule has 6 nitrogen and oxygen atoms in total. The van der Waals surface area contributed by atoms with Crippen molar-refractivity contribution >= 4 is 21.9 Å². The molecule has 5 aliphatic rings. The van der Waals surface area contributed by atoms with E-state index in [1.165, 1.54) is 12.2 Å². The molecule has 0 aliphatic heterocycles.